The highest BCUT2D eigenvalue weighted by molar-refractivity contribution is 6.39. The molecule has 0 aliphatic carbocycles. The third-order valence-electron chi connectivity index (χ3n) is 3.99. The number of aryl methyl sites for hydroxylation is 3. The molecular formula is C17H20N4O2. The van der Waals surface area contributed by atoms with E-state index in [2.05, 4.69) is 20.2 Å². The maximum atomic E-state index is 11.9. The number of para-hydroxylation sites is 1. The standard InChI is InChI=1S/C17H20N4O2/c1-12-6-2-3-7-14(12)20-17(23)16(22)18-10-13-11-21-9-5-4-8-15(21)19-13/h2-3,6-7,11H,4-5,8-10H2,1H3,(H,18,22)(H,20,23). The lowest BCUT2D eigenvalue weighted by Crippen LogP contribution is -2.35. The highest BCUT2D eigenvalue weighted by Gasteiger charge is 2.16. The summed E-state index contributed by atoms with van der Waals surface area (Å²) in [6.45, 7) is 3.12. The fourth-order valence-electron chi connectivity index (χ4n) is 2.70. The number of amides is 2. The van der Waals surface area contributed by atoms with Gasteiger partial charge in [-0.2, -0.15) is 0 Å². The van der Waals surface area contributed by atoms with Gasteiger partial charge in [-0.3, -0.25) is 9.59 Å². The van der Waals surface area contributed by atoms with E-state index in [4.69, 9.17) is 0 Å². The van der Waals surface area contributed by atoms with Crippen LogP contribution in [-0.2, 0) is 29.1 Å². The lowest BCUT2D eigenvalue weighted by Gasteiger charge is -2.11. The number of benzene rings is 1. The van der Waals surface area contributed by atoms with Crippen molar-refractivity contribution in [2.75, 3.05) is 5.32 Å². The highest BCUT2D eigenvalue weighted by atomic mass is 16.2. The number of nitrogens with one attached hydrogen (secondary N) is 2. The number of aromatic nitrogens is 2. The van der Waals surface area contributed by atoms with Crippen LogP contribution in [0.5, 0.6) is 0 Å². The van der Waals surface area contributed by atoms with Crippen LogP contribution in [0, 0.1) is 6.92 Å². The van der Waals surface area contributed by atoms with E-state index in [1.54, 1.807) is 6.07 Å². The van der Waals surface area contributed by atoms with Gasteiger partial charge in [0.2, 0.25) is 0 Å². The van der Waals surface area contributed by atoms with Crippen LogP contribution in [0.15, 0.2) is 30.5 Å². The van der Waals surface area contributed by atoms with Crippen LogP contribution in [0.1, 0.15) is 29.9 Å². The van der Waals surface area contributed by atoms with E-state index in [9.17, 15) is 9.59 Å². The van der Waals surface area contributed by atoms with E-state index in [0.717, 1.165) is 42.9 Å². The Bertz CT molecular complexity index is 712. The number of carbonyl (C=O) groups excluding carboxylic acids is 2. The Morgan fingerprint density at radius 2 is 2.04 bits per heavy atom. The van der Waals surface area contributed by atoms with Crippen molar-refractivity contribution in [3.63, 3.8) is 0 Å². The summed E-state index contributed by atoms with van der Waals surface area (Å²) in [7, 11) is 0. The van der Waals surface area contributed by atoms with E-state index >= 15 is 0 Å². The van der Waals surface area contributed by atoms with Crippen LogP contribution < -0.4 is 10.6 Å². The van der Waals surface area contributed by atoms with Crippen molar-refractivity contribution in [3.8, 4) is 0 Å². The first-order valence-electron chi connectivity index (χ1n) is 7.83. The number of rotatable bonds is 3. The zero-order valence-corrected chi connectivity index (χ0v) is 13.1. The Morgan fingerprint density at radius 1 is 1.22 bits per heavy atom. The van der Waals surface area contributed by atoms with Crippen LogP contribution in [0.3, 0.4) is 0 Å². The van der Waals surface area contributed by atoms with Crippen LogP contribution in [0.25, 0.3) is 0 Å². The quantitative estimate of drug-likeness (QED) is 0.848. The Morgan fingerprint density at radius 3 is 2.83 bits per heavy atom. The van der Waals surface area contributed by atoms with Crippen LogP contribution >= 0.6 is 0 Å². The van der Waals surface area contributed by atoms with Gasteiger partial charge in [0, 0.05) is 24.8 Å². The molecule has 0 saturated carbocycles. The van der Waals surface area contributed by atoms with Gasteiger partial charge in [0.25, 0.3) is 0 Å². The number of hydrogen-bond donors (Lipinski definition) is 2. The zero-order chi connectivity index (χ0) is 16.2. The fraction of sp³-hybridized carbons (Fsp3) is 0.353. The molecule has 1 aliphatic heterocycles. The van der Waals surface area contributed by atoms with Crippen molar-refractivity contribution < 1.29 is 9.59 Å². The molecule has 1 aliphatic rings. The summed E-state index contributed by atoms with van der Waals surface area (Å²) < 4.78 is 2.12. The molecule has 1 aromatic heterocycles. The predicted molar refractivity (Wildman–Crippen MR) is 86.8 cm³/mol. The first-order valence-corrected chi connectivity index (χ1v) is 7.83. The molecule has 0 saturated heterocycles. The van der Waals surface area contributed by atoms with Gasteiger partial charge in [0.15, 0.2) is 0 Å². The van der Waals surface area contributed by atoms with Crippen molar-refractivity contribution in [2.45, 2.75) is 39.3 Å². The summed E-state index contributed by atoms with van der Waals surface area (Å²) >= 11 is 0. The summed E-state index contributed by atoms with van der Waals surface area (Å²) in [5.74, 6) is -0.257. The summed E-state index contributed by atoms with van der Waals surface area (Å²) in [4.78, 5) is 28.3. The van der Waals surface area contributed by atoms with Crippen molar-refractivity contribution in [2.24, 2.45) is 0 Å². The molecule has 2 aromatic rings. The van der Waals surface area contributed by atoms with Gasteiger partial charge in [-0.15, -0.1) is 0 Å². The van der Waals surface area contributed by atoms with Gasteiger partial charge in [0.05, 0.1) is 12.2 Å². The first kappa shape index (κ1) is 15.3. The molecular weight excluding hydrogens is 292 g/mol. The summed E-state index contributed by atoms with van der Waals surface area (Å²) in [5, 5.41) is 5.24. The molecule has 1 aromatic carbocycles. The summed E-state index contributed by atoms with van der Waals surface area (Å²) in [6, 6.07) is 7.34. The molecule has 0 fully saturated rings. The van der Waals surface area contributed by atoms with E-state index in [1.165, 1.54) is 0 Å². The SMILES string of the molecule is Cc1ccccc1NC(=O)C(=O)NCc1cn2c(n1)CCCC2. The van der Waals surface area contributed by atoms with E-state index in [1.807, 2.05) is 31.3 Å². The number of hydrogen-bond acceptors (Lipinski definition) is 3. The molecule has 120 valence electrons. The van der Waals surface area contributed by atoms with Crippen LogP contribution in [0.4, 0.5) is 5.69 Å². The van der Waals surface area contributed by atoms with Crippen LogP contribution in [0.2, 0.25) is 0 Å². The number of anilines is 1. The number of carbonyl (C=O) groups is 2. The maximum Gasteiger partial charge on any atom is 0.313 e. The van der Waals surface area contributed by atoms with E-state index in [0.29, 0.717) is 5.69 Å². The van der Waals surface area contributed by atoms with Gasteiger partial charge in [-0.1, -0.05) is 18.2 Å². The average Bonchev–Trinajstić information content (AvgIpc) is 2.97. The number of nitrogens with zero attached hydrogens (tertiary/aromatic N) is 2. The van der Waals surface area contributed by atoms with Gasteiger partial charge < -0.3 is 15.2 Å². The van der Waals surface area contributed by atoms with Crippen molar-refractivity contribution in [3.05, 3.63) is 47.5 Å². The van der Waals surface area contributed by atoms with Crippen molar-refractivity contribution >= 4 is 17.5 Å². The minimum atomic E-state index is -0.664. The maximum absolute atomic E-state index is 11.9. The Kier molecular flexibility index (Phi) is 4.41. The van der Waals surface area contributed by atoms with E-state index in [-0.39, 0.29) is 6.54 Å². The predicted octanol–water partition coefficient (Wildman–Crippen LogP) is 1.78. The Labute approximate surface area is 134 Å². The van der Waals surface area contributed by atoms with Crippen LogP contribution in [-0.4, -0.2) is 21.4 Å². The smallest absolute Gasteiger partial charge is 0.313 e. The molecule has 2 amide bonds. The molecule has 6 nitrogen and oxygen atoms in total. The lowest BCUT2D eigenvalue weighted by atomic mass is 10.2. The number of fused-ring (bicyclic) bond motifs is 1. The summed E-state index contributed by atoms with van der Waals surface area (Å²) in [5.41, 5.74) is 2.35. The zero-order valence-electron chi connectivity index (χ0n) is 13.1. The minimum Gasteiger partial charge on any atom is -0.342 e. The van der Waals surface area contributed by atoms with Gasteiger partial charge >= 0.3 is 11.8 Å². The Balaban J connectivity index is 1.55. The summed E-state index contributed by atoms with van der Waals surface area (Å²) in [6.07, 6.45) is 5.24. The Hall–Kier alpha value is -2.63. The molecule has 23 heavy (non-hydrogen) atoms. The monoisotopic (exact) mass is 312 g/mol. The average molecular weight is 312 g/mol. The molecule has 0 unspecified atom stereocenters. The molecule has 0 radical (unpaired) electrons. The molecule has 0 bridgehead atoms. The molecule has 6 heteroatoms. The normalized spacial score (nSPS) is 13.3. The lowest BCUT2D eigenvalue weighted by molar-refractivity contribution is -0.136. The minimum absolute atomic E-state index is 0.264. The second kappa shape index (κ2) is 6.64. The largest absolute Gasteiger partial charge is 0.342 e. The third-order valence-corrected chi connectivity index (χ3v) is 3.99. The van der Waals surface area contributed by atoms with E-state index < -0.39 is 11.8 Å². The molecule has 2 N–H and O–H groups in total. The molecule has 3 rings (SSSR count). The second-order valence-electron chi connectivity index (χ2n) is 5.75. The van der Waals surface area contributed by atoms with Crippen molar-refractivity contribution in [1.82, 2.24) is 14.9 Å². The first-order chi connectivity index (χ1) is 11.1. The van der Waals surface area contributed by atoms with Gasteiger partial charge in [-0.25, -0.2) is 4.98 Å². The number of imidazole rings is 1. The molecule has 0 atom stereocenters. The fourth-order valence-corrected chi connectivity index (χ4v) is 2.70. The second-order valence-corrected chi connectivity index (χ2v) is 5.75. The third kappa shape index (κ3) is 3.59. The molecule has 0 spiro atoms. The molecule has 2 heterocycles. The van der Waals surface area contributed by atoms with Gasteiger partial charge in [0.1, 0.15) is 5.82 Å². The topological polar surface area (TPSA) is 76.0 Å². The van der Waals surface area contributed by atoms with Gasteiger partial charge in [-0.05, 0) is 31.4 Å². The van der Waals surface area contributed by atoms with Crippen molar-refractivity contribution in [1.29, 1.82) is 0 Å². The highest BCUT2D eigenvalue weighted by Crippen LogP contribution is 2.15.